The van der Waals surface area contributed by atoms with E-state index >= 15 is 0 Å². The van der Waals surface area contributed by atoms with E-state index in [1.54, 1.807) is 31.2 Å². The Labute approximate surface area is 163 Å². The summed E-state index contributed by atoms with van der Waals surface area (Å²) in [4.78, 5) is 14.5. The van der Waals surface area contributed by atoms with Crippen molar-refractivity contribution in [2.45, 2.75) is 49.6 Å². The lowest BCUT2D eigenvalue weighted by Gasteiger charge is -2.43. The van der Waals surface area contributed by atoms with Crippen molar-refractivity contribution in [2.24, 2.45) is 0 Å². The van der Waals surface area contributed by atoms with Crippen molar-refractivity contribution in [1.29, 1.82) is 0 Å². The Balaban J connectivity index is 1.70. The number of sulfonamides is 1. The van der Waals surface area contributed by atoms with Crippen molar-refractivity contribution in [3.8, 4) is 0 Å². The number of halogens is 1. The molecule has 6 nitrogen and oxygen atoms in total. The zero-order valence-corrected chi connectivity index (χ0v) is 17.3. The van der Waals surface area contributed by atoms with Crippen LogP contribution < -0.4 is 0 Å². The Morgan fingerprint density at radius 3 is 2.27 bits per heavy atom. The number of carbonyl (C=O) groups excluding carboxylic acids is 1. The minimum atomic E-state index is -3.52. The van der Waals surface area contributed by atoms with E-state index in [1.807, 2.05) is 4.90 Å². The molecule has 0 N–H and O–H groups in total. The normalized spacial score (nSPS) is 20.8. The van der Waals surface area contributed by atoms with Gasteiger partial charge in [-0.2, -0.15) is 4.31 Å². The first-order valence-electron chi connectivity index (χ1n) is 9.02. The molecule has 0 aromatic heterocycles. The highest BCUT2D eigenvalue weighted by molar-refractivity contribution is 9.10. The monoisotopic (exact) mass is 444 g/mol. The van der Waals surface area contributed by atoms with Gasteiger partial charge < -0.3 is 9.64 Å². The number of carbonyl (C=O) groups is 1. The average molecular weight is 445 g/mol. The Kier molecular flexibility index (Phi) is 6.37. The molecule has 2 aliphatic rings. The van der Waals surface area contributed by atoms with Crippen LogP contribution in [0, 0.1) is 0 Å². The van der Waals surface area contributed by atoms with E-state index in [-0.39, 0.29) is 18.0 Å². The van der Waals surface area contributed by atoms with Crippen LogP contribution in [0.5, 0.6) is 0 Å². The molecule has 0 unspecified atom stereocenters. The lowest BCUT2D eigenvalue weighted by atomic mass is 9.99. The van der Waals surface area contributed by atoms with Crippen LogP contribution in [0.4, 0.5) is 0 Å². The fourth-order valence-electron chi connectivity index (χ4n) is 3.93. The van der Waals surface area contributed by atoms with Crippen LogP contribution in [0.25, 0.3) is 0 Å². The number of nitrogens with zero attached hydrogens (tertiary/aromatic N) is 2. The van der Waals surface area contributed by atoms with Gasteiger partial charge >= 0.3 is 0 Å². The predicted octanol–water partition coefficient (Wildman–Crippen LogP) is 2.63. The van der Waals surface area contributed by atoms with Gasteiger partial charge in [-0.3, -0.25) is 4.79 Å². The molecule has 1 amide bonds. The third-order valence-electron chi connectivity index (χ3n) is 5.22. The summed E-state index contributed by atoms with van der Waals surface area (Å²) >= 11 is 3.33. The molecular weight excluding hydrogens is 420 g/mol. The summed E-state index contributed by atoms with van der Waals surface area (Å²) < 4.78 is 33.4. The second-order valence-electron chi connectivity index (χ2n) is 6.84. The molecular formula is C18H25BrN2O4S. The Morgan fingerprint density at radius 2 is 1.69 bits per heavy atom. The van der Waals surface area contributed by atoms with Crippen molar-refractivity contribution in [3.05, 3.63) is 28.7 Å². The van der Waals surface area contributed by atoms with Gasteiger partial charge in [0.25, 0.3) is 0 Å². The molecule has 0 atom stereocenters. The number of piperidine rings is 1. The smallest absolute Gasteiger partial charge is 0.244 e. The highest BCUT2D eigenvalue weighted by atomic mass is 79.9. The van der Waals surface area contributed by atoms with Crippen molar-refractivity contribution in [3.63, 3.8) is 0 Å². The molecule has 0 bridgehead atoms. The maximum atomic E-state index is 12.9. The van der Waals surface area contributed by atoms with Crippen LogP contribution in [0.3, 0.4) is 0 Å². The maximum Gasteiger partial charge on any atom is 0.244 e. The average Bonchev–Trinajstić information content (AvgIpc) is 2.63. The van der Waals surface area contributed by atoms with E-state index in [0.717, 1.165) is 12.8 Å². The summed E-state index contributed by atoms with van der Waals surface area (Å²) in [5, 5.41) is 0. The standard InChI is InChI=1S/C18H25BrN2O4S/c1-14(22)21(16-8-12-25-13-9-16)15-6-10-20(11-7-15)26(23,24)18-5-3-2-4-17(18)19/h2-5,15-16H,6-13H2,1H3. The molecule has 2 fully saturated rings. The molecule has 2 aliphatic heterocycles. The summed E-state index contributed by atoms with van der Waals surface area (Å²) in [6, 6.07) is 7.19. The summed E-state index contributed by atoms with van der Waals surface area (Å²) in [5.74, 6) is 0.0732. The molecule has 2 saturated heterocycles. The second kappa shape index (κ2) is 8.37. The molecule has 0 radical (unpaired) electrons. The molecule has 1 aromatic rings. The number of ether oxygens (including phenoxy) is 1. The number of amides is 1. The van der Waals surface area contributed by atoms with Gasteiger partial charge in [-0.05, 0) is 53.7 Å². The molecule has 3 rings (SSSR count). The Bertz CT molecular complexity index is 741. The molecule has 0 saturated carbocycles. The van der Waals surface area contributed by atoms with Crippen molar-refractivity contribution < 1.29 is 17.9 Å². The molecule has 8 heteroatoms. The van der Waals surface area contributed by atoms with Gasteiger partial charge in [0.15, 0.2) is 0 Å². The van der Waals surface area contributed by atoms with Crippen LogP contribution in [0.1, 0.15) is 32.6 Å². The van der Waals surface area contributed by atoms with E-state index in [9.17, 15) is 13.2 Å². The van der Waals surface area contributed by atoms with E-state index in [0.29, 0.717) is 48.5 Å². The second-order valence-corrected chi connectivity index (χ2v) is 9.60. The Morgan fingerprint density at radius 1 is 1.12 bits per heavy atom. The van der Waals surface area contributed by atoms with Gasteiger partial charge in [0, 0.05) is 49.8 Å². The molecule has 0 spiro atoms. The molecule has 1 aromatic carbocycles. The number of hydrogen-bond acceptors (Lipinski definition) is 4. The lowest BCUT2D eigenvalue weighted by molar-refractivity contribution is -0.137. The van der Waals surface area contributed by atoms with Gasteiger partial charge in [-0.25, -0.2) is 8.42 Å². The number of benzene rings is 1. The summed E-state index contributed by atoms with van der Waals surface area (Å²) in [5.41, 5.74) is 0. The predicted molar refractivity (Wildman–Crippen MR) is 102 cm³/mol. The van der Waals surface area contributed by atoms with Crippen LogP contribution >= 0.6 is 15.9 Å². The fraction of sp³-hybridized carbons (Fsp3) is 0.611. The quantitative estimate of drug-likeness (QED) is 0.715. The van der Waals surface area contributed by atoms with Gasteiger partial charge in [-0.1, -0.05) is 12.1 Å². The van der Waals surface area contributed by atoms with Gasteiger partial charge in [0.2, 0.25) is 15.9 Å². The minimum absolute atomic E-state index is 0.0732. The lowest BCUT2D eigenvalue weighted by Crippen LogP contribution is -2.53. The molecule has 0 aliphatic carbocycles. The van der Waals surface area contributed by atoms with Crippen LogP contribution in [0.15, 0.2) is 33.6 Å². The first-order valence-corrected chi connectivity index (χ1v) is 11.3. The SMILES string of the molecule is CC(=O)N(C1CCOCC1)C1CCN(S(=O)(=O)c2ccccc2Br)CC1. The maximum absolute atomic E-state index is 12.9. The highest BCUT2D eigenvalue weighted by Gasteiger charge is 2.36. The van der Waals surface area contributed by atoms with E-state index < -0.39 is 10.0 Å². The fourth-order valence-corrected chi connectivity index (χ4v) is 6.36. The van der Waals surface area contributed by atoms with Gasteiger partial charge in [0.05, 0.1) is 4.90 Å². The molecule has 144 valence electrons. The largest absolute Gasteiger partial charge is 0.381 e. The van der Waals surface area contributed by atoms with E-state index in [2.05, 4.69) is 15.9 Å². The van der Waals surface area contributed by atoms with Gasteiger partial charge in [0.1, 0.15) is 0 Å². The van der Waals surface area contributed by atoms with Crippen molar-refractivity contribution in [2.75, 3.05) is 26.3 Å². The molecule has 2 heterocycles. The summed E-state index contributed by atoms with van der Waals surface area (Å²) in [6.07, 6.45) is 3.05. The first-order chi connectivity index (χ1) is 12.4. The summed E-state index contributed by atoms with van der Waals surface area (Å²) in [7, 11) is -3.52. The van der Waals surface area contributed by atoms with E-state index in [4.69, 9.17) is 4.74 Å². The number of hydrogen-bond donors (Lipinski definition) is 0. The Hall–Kier alpha value is -0.960. The van der Waals surface area contributed by atoms with E-state index in [1.165, 1.54) is 4.31 Å². The third kappa shape index (κ3) is 4.13. The zero-order valence-electron chi connectivity index (χ0n) is 14.9. The van der Waals surface area contributed by atoms with Crippen molar-refractivity contribution in [1.82, 2.24) is 9.21 Å². The third-order valence-corrected chi connectivity index (χ3v) is 8.13. The van der Waals surface area contributed by atoms with Gasteiger partial charge in [-0.15, -0.1) is 0 Å². The zero-order chi connectivity index (χ0) is 18.7. The van der Waals surface area contributed by atoms with Crippen LogP contribution in [0.2, 0.25) is 0 Å². The van der Waals surface area contributed by atoms with Crippen LogP contribution in [-0.4, -0.2) is 61.9 Å². The van der Waals surface area contributed by atoms with Crippen LogP contribution in [-0.2, 0) is 19.6 Å². The number of rotatable bonds is 4. The van der Waals surface area contributed by atoms with Crippen molar-refractivity contribution >= 4 is 31.9 Å². The molecule has 26 heavy (non-hydrogen) atoms. The first kappa shape index (κ1) is 19.8. The summed E-state index contributed by atoms with van der Waals surface area (Å²) in [6.45, 7) is 3.84. The topological polar surface area (TPSA) is 66.9 Å². The minimum Gasteiger partial charge on any atom is -0.381 e. The highest BCUT2D eigenvalue weighted by Crippen LogP contribution is 2.29.